The molecule has 3 aromatic carbocycles. The molecule has 1 aliphatic rings. The van der Waals surface area contributed by atoms with Gasteiger partial charge >= 0.3 is 0 Å². The van der Waals surface area contributed by atoms with E-state index in [1.807, 2.05) is 60.4 Å². The van der Waals surface area contributed by atoms with Gasteiger partial charge in [0.05, 0.1) is 12.7 Å². The second-order valence-electron chi connectivity index (χ2n) is 8.77. The lowest BCUT2D eigenvalue weighted by molar-refractivity contribution is -0.121. The number of hydrogen-bond donors (Lipinski definition) is 2. The Balaban J connectivity index is 1.24. The van der Waals surface area contributed by atoms with E-state index in [0.29, 0.717) is 48.3 Å². The van der Waals surface area contributed by atoms with Crippen LogP contribution in [0.25, 0.3) is 0 Å². The molecule has 0 radical (unpaired) electrons. The summed E-state index contributed by atoms with van der Waals surface area (Å²) in [6.45, 7) is 4.39. The van der Waals surface area contributed by atoms with Crippen LogP contribution in [0.2, 0.25) is 5.02 Å². The molecule has 198 valence electrons. The third-order valence-corrected chi connectivity index (χ3v) is 6.53. The van der Waals surface area contributed by atoms with Crippen LogP contribution < -0.4 is 25.0 Å². The van der Waals surface area contributed by atoms with Crippen molar-refractivity contribution in [3.8, 4) is 11.5 Å². The predicted octanol–water partition coefficient (Wildman–Crippen LogP) is 4.51. The molecule has 2 N–H and O–H groups in total. The number of piperazine rings is 1. The fraction of sp³-hybridized carbons (Fsp3) is 0.250. The number of carbonyl (C=O) groups is 2. The highest BCUT2D eigenvalue weighted by atomic mass is 35.5. The normalized spacial score (nSPS) is 13.0. The number of nitrogens with zero attached hydrogens (tertiary/aromatic N) is 2. The standard InChI is InChI=1S/C28H29ClN4O4S/c1-19-3-10-23(11-4-19)37-18-26(34)31-28(38)30-21-6-8-22(9-7-21)32-13-15-33(16-14-32)27(35)24-17-20(29)5-12-25(24)36-2/h3-12,17H,13-16,18H2,1-2H3,(H2,30,31,34,38). The van der Waals surface area contributed by atoms with E-state index in [4.69, 9.17) is 33.3 Å². The highest BCUT2D eigenvalue weighted by molar-refractivity contribution is 7.80. The molecule has 0 aliphatic carbocycles. The number of nitrogens with one attached hydrogen (secondary N) is 2. The minimum atomic E-state index is -0.345. The second-order valence-corrected chi connectivity index (χ2v) is 9.62. The molecule has 0 aromatic heterocycles. The zero-order valence-electron chi connectivity index (χ0n) is 21.2. The fourth-order valence-corrected chi connectivity index (χ4v) is 4.45. The summed E-state index contributed by atoms with van der Waals surface area (Å²) in [6, 6.07) is 20.3. The average Bonchev–Trinajstić information content (AvgIpc) is 2.93. The van der Waals surface area contributed by atoms with Gasteiger partial charge in [0.1, 0.15) is 11.5 Å². The highest BCUT2D eigenvalue weighted by Gasteiger charge is 2.24. The molecule has 4 rings (SSSR count). The van der Waals surface area contributed by atoms with Crippen molar-refractivity contribution < 1.29 is 19.1 Å². The van der Waals surface area contributed by atoms with E-state index in [9.17, 15) is 9.59 Å². The summed E-state index contributed by atoms with van der Waals surface area (Å²) >= 11 is 11.4. The van der Waals surface area contributed by atoms with Gasteiger partial charge < -0.3 is 24.6 Å². The first-order chi connectivity index (χ1) is 18.3. The second kappa shape index (κ2) is 12.6. The molecule has 1 saturated heterocycles. The molecule has 2 amide bonds. The molecule has 3 aromatic rings. The fourth-order valence-electron chi connectivity index (χ4n) is 4.05. The Morgan fingerprint density at radius 2 is 1.66 bits per heavy atom. The Labute approximate surface area is 232 Å². The minimum absolute atomic E-state index is 0.0941. The molecule has 1 fully saturated rings. The van der Waals surface area contributed by atoms with E-state index in [0.717, 1.165) is 16.9 Å². The first-order valence-corrected chi connectivity index (χ1v) is 12.9. The van der Waals surface area contributed by atoms with Gasteiger partial charge in [0, 0.05) is 42.6 Å². The van der Waals surface area contributed by atoms with E-state index in [1.54, 1.807) is 18.2 Å². The number of ether oxygens (including phenoxy) is 2. The first kappa shape index (κ1) is 27.2. The van der Waals surface area contributed by atoms with E-state index in [1.165, 1.54) is 7.11 Å². The summed E-state index contributed by atoms with van der Waals surface area (Å²) < 4.78 is 10.8. The number of hydrogen-bond acceptors (Lipinski definition) is 6. The van der Waals surface area contributed by atoms with Gasteiger partial charge in [-0.15, -0.1) is 0 Å². The molecule has 38 heavy (non-hydrogen) atoms. The van der Waals surface area contributed by atoms with Gasteiger partial charge in [0.2, 0.25) is 0 Å². The Bertz CT molecular complexity index is 1290. The maximum atomic E-state index is 13.0. The molecule has 0 atom stereocenters. The van der Waals surface area contributed by atoms with Gasteiger partial charge in [0.15, 0.2) is 11.7 Å². The van der Waals surface area contributed by atoms with Crippen molar-refractivity contribution in [2.24, 2.45) is 0 Å². The molecule has 0 saturated carbocycles. The zero-order chi connectivity index (χ0) is 27.1. The number of aryl methyl sites for hydroxylation is 1. The van der Waals surface area contributed by atoms with Gasteiger partial charge in [-0.25, -0.2) is 0 Å². The summed E-state index contributed by atoms with van der Waals surface area (Å²) in [6.07, 6.45) is 0. The van der Waals surface area contributed by atoms with Crippen molar-refractivity contribution in [1.29, 1.82) is 0 Å². The number of carbonyl (C=O) groups excluding carboxylic acids is 2. The van der Waals surface area contributed by atoms with Gasteiger partial charge in [-0.3, -0.25) is 14.9 Å². The number of rotatable bonds is 7. The maximum Gasteiger partial charge on any atom is 0.264 e. The Morgan fingerprint density at radius 3 is 2.32 bits per heavy atom. The van der Waals surface area contributed by atoms with Gasteiger partial charge in [-0.05, 0) is 73.7 Å². The van der Waals surface area contributed by atoms with Crippen LogP contribution in [0.1, 0.15) is 15.9 Å². The Kier molecular flexibility index (Phi) is 9.04. The van der Waals surface area contributed by atoms with E-state index in [-0.39, 0.29) is 23.5 Å². The first-order valence-electron chi connectivity index (χ1n) is 12.1. The monoisotopic (exact) mass is 552 g/mol. The van der Waals surface area contributed by atoms with Gasteiger partial charge in [-0.1, -0.05) is 29.3 Å². The average molecular weight is 553 g/mol. The summed E-state index contributed by atoms with van der Waals surface area (Å²) in [7, 11) is 1.54. The smallest absolute Gasteiger partial charge is 0.264 e. The lowest BCUT2D eigenvalue weighted by Crippen LogP contribution is -2.48. The molecule has 0 unspecified atom stereocenters. The van der Waals surface area contributed by atoms with Crippen LogP contribution in [0.15, 0.2) is 66.7 Å². The molecular weight excluding hydrogens is 524 g/mol. The van der Waals surface area contributed by atoms with Gasteiger partial charge in [0.25, 0.3) is 11.8 Å². The number of methoxy groups -OCH3 is 1. The lowest BCUT2D eigenvalue weighted by atomic mass is 10.1. The molecule has 1 aliphatic heterocycles. The van der Waals surface area contributed by atoms with Crippen LogP contribution in [-0.2, 0) is 4.79 Å². The summed E-state index contributed by atoms with van der Waals surface area (Å²) in [5, 5.41) is 6.32. The number of thiocarbonyl (C=S) groups is 1. The Morgan fingerprint density at radius 1 is 0.974 bits per heavy atom. The van der Waals surface area contributed by atoms with Crippen LogP contribution >= 0.6 is 23.8 Å². The maximum absolute atomic E-state index is 13.0. The third-order valence-electron chi connectivity index (χ3n) is 6.09. The highest BCUT2D eigenvalue weighted by Crippen LogP contribution is 2.25. The van der Waals surface area contributed by atoms with E-state index < -0.39 is 0 Å². The molecule has 1 heterocycles. The van der Waals surface area contributed by atoms with Crippen molar-refractivity contribution in [3.05, 3.63) is 82.9 Å². The van der Waals surface area contributed by atoms with Crippen molar-refractivity contribution >= 4 is 52.1 Å². The van der Waals surface area contributed by atoms with Crippen LogP contribution in [0, 0.1) is 6.92 Å². The minimum Gasteiger partial charge on any atom is -0.496 e. The van der Waals surface area contributed by atoms with Crippen molar-refractivity contribution in [2.45, 2.75) is 6.92 Å². The SMILES string of the molecule is COc1ccc(Cl)cc1C(=O)N1CCN(c2ccc(NC(=S)NC(=O)COc3ccc(C)cc3)cc2)CC1. The quantitative estimate of drug-likeness (QED) is 0.417. The van der Waals surface area contributed by atoms with Crippen molar-refractivity contribution in [2.75, 3.05) is 50.1 Å². The molecule has 0 bridgehead atoms. The van der Waals surface area contributed by atoms with E-state index >= 15 is 0 Å². The van der Waals surface area contributed by atoms with Crippen LogP contribution in [-0.4, -0.2) is 61.7 Å². The van der Waals surface area contributed by atoms with E-state index in [2.05, 4.69) is 15.5 Å². The number of anilines is 2. The molecule has 10 heteroatoms. The zero-order valence-corrected chi connectivity index (χ0v) is 22.8. The molecule has 8 nitrogen and oxygen atoms in total. The molecular formula is C28H29ClN4O4S. The number of halogens is 1. The van der Waals surface area contributed by atoms with Crippen molar-refractivity contribution in [1.82, 2.24) is 10.2 Å². The topological polar surface area (TPSA) is 83.1 Å². The predicted molar refractivity (Wildman–Crippen MR) is 154 cm³/mol. The third kappa shape index (κ3) is 7.14. The summed E-state index contributed by atoms with van der Waals surface area (Å²) in [4.78, 5) is 29.2. The lowest BCUT2D eigenvalue weighted by Gasteiger charge is -2.36. The van der Waals surface area contributed by atoms with Gasteiger partial charge in [-0.2, -0.15) is 0 Å². The van der Waals surface area contributed by atoms with Crippen molar-refractivity contribution in [3.63, 3.8) is 0 Å². The van der Waals surface area contributed by atoms with Crippen LogP contribution in [0.5, 0.6) is 11.5 Å². The largest absolute Gasteiger partial charge is 0.496 e. The summed E-state index contributed by atoms with van der Waals surface area (Å²) in [5.41, 5.74) is 3.36. The summed E-state index contributed by atoms with van der Waals surface area (Å²) in [5.74, 6) is 0.693. The van der Waals surface area contributed by atoms with Crippen LogP contribution in [0.4, 0.5) is 11.4 Å². The number of benzene rings is 3. The Hall–Kier alpha value is -3.82. The molecule has 0 spiro atoms. The van der Waals surface area contributed by atoms with Crippen LogP contribution in [0.3, 0.4) is 0 Å². The number of amides is 2.